The van der Waals surface area contributed by atoms with Crippen LogP contribution in [-0.4, -0.2) is 59.5 Å². The molecule has 1 unspecified atom stereocenters. The maximum Gasteiger partial charge on any atom is 0.406 e. The fourth-order valence-electron chi connectivity index (χ4n) is 1.38. The monoisotopic (exact) mass is 258 g/mol. The smallest absolute Gasteiger partial charge is 0.395 e. The van der Waals surface area contributed by atoms with Gasteiger partial charge in [-0.25, -0.2) is 0 Å². The molecule has 2 N–H and O–H groups in total. The van der Waals surface area contributed by atoms with Gasteiger partial charge in [0, 0.05) is 18.2 Å². The van der Waals surface area contributed by atoms with Crippen LogP contribution in [0.5, 0.6) is 0 Å². The molecule has 0 radical (unpaired) electrons. The van der Waals surface area contributed by atoms with Gasteiger partial charge in [-0.05, 0) is 0 Å². The summed E-state index contributed by atoms with van der Waals surface area (Å²) in [6, 6.07) is -0.570. The SMILES string of the molecule is O=C(C1CSCN1)N(CCO)CC(F)(F)F. The van der Waals surface area contributed by atoms with Gasteiger partial charge in [-0.1, -0.05) is 0 Å². The van der Waals surface area contributed by atoms with E-state index >= 15 is 0 Å². The molecule has 0 spiro atoms. The van der Waals surface area contributed by atoms with Crippen LogP contribution in [-0.2, 0) is 4.79 Å². The highest BCUT2D eigenvalue weighted by Gasteiger charge is 2.35. The van der Waals surface area contributed by atoms with Crippen molar-refractivity contribution in [3.63, 3.8) is 0 Å². The number of carbonyl (C=O) groups is 1. The van der Waals surface area contributed by atoms with Gasteiger partial charge in [0.25, 0.3) is 0 Å². The maximum absolute atomic E-state index is 12.2. The van der Waals surface area contributed by atoms with Gasteiger partial charge < -0.3 is 10.0 Å². The molecule has 0 bridgehead atoms. The minimum atomic E-state index is -4.43. The number of aliphatic hydroxyl groups is 1. The molecular formula is C8H13F3N2O2S. The van der Waals surface area contributed by atoms with Crippen molar-refractivity contribution in [2.45, 2.75) is 12.2 Å². The van der Waals surface area contributed by atoms with Crippen molar-refractivity contribution < 1.29 is 23.1 Å². The van der Waals surface area contributed by atoms with E-state index in [-0.39, 0.29) is 6.54 Å². The van der Waals surface area contributed by atoms with Crippen LogP contribution in [0.1, 0.15) is 0 Å². The first-order valence-electron chi connectivity index (χ1n) is 4.71. The molecule has 1 saturated heterocycles. The molecule has 1 atom stereocenters. The van der Waals surface area contributed by atoms with Crippen LogP contribution in [0.2, 0.25) is 0 Å². The van der Waals surface area contributed by atoms with Gasteiger partial charge >= 0.3 is 6.18 Å². The molecule has 4 nitrogen and oxygen atoms in total. The molecule has 1 aliphatic heterocycles. The highest BCUT2D eigenvalue weighted by Crippen LogP contribution is 2.18. The molecule has 0 saturated carbocycles. The topological polar surface area (TPSA) is 52.6 Å². The third kappa shape index (κ3) is 4.18. The molecule has 0 aromatic carbocycles. The van der Waals surface area contributed by atoms with Crippen molar-refractivity contribution in [2.75, 3.05) is 31.3 Å². The third-order valence-corrected chi connectivity index (χ3v) is 3.01. The summed E-state index contributed by atoms with van der Waals surface area (Å²) in [4.78, 5) is 12.3. The standard InChI is InChI=1S/C8H13F3N2O2S/c9-8(10,11)4-13(1-2-14)7(15)6-3-16-5-12-6/h6,12,14H,1-5H2. The number of halogens is 3. The molecule has 8 heteroatoms. The third-order valence-electron chi connectivity index (χ3n) is 2.07. The number of amides is 1. The number of rotatable bonds is 4. The van der Waals surface area contributed by atoms with Crippen LogP contribution < -0.4 is 5.32 Å². The predicted molar refractivity (Wildman–Crippen MR) is 54.0 cm³/mol. The Balaban J connectivity index is 2.57. The first-order chi connectivity index (χ1) is 7.44. The Hall–Kier alpha value is -0.470. The summed E-state index contributed by atoms with van der Waals surface area (Å²) in [5.74, 6) is 0.435. The van der Waals surface area contributed by atoms with Crippen molar-refractivity contribution in [2.24, 2.45) is 0 Å². The number of nitrogens with one attached hydrogen (secondary N) is 1. The summed E-state index contributed by atoms with van der Waals surface area (Å²) < 4.78 is 36.5. The largest absolute Gasteiger partial charge is 0.406 e. The Morgan fingerprint density at radius 3 is 2.69 bits per heavy atom. The molecule has 94 valence electrons. The van der Waals surface area contributed by atoms with Gasteiger partial charge in [0.1, 0.15) is 6.54 Å². The van der Waals surface area contributed by atoms with E-state index in [2.05, 4.69) is 5.32 Å². The van der Waals surface area contributed by atoms with Gasteiger partial charge in [-0.2, -0.15) is 13.2 Å². The summed E-state index contributed by atoms with van der Waals surface area (Å²) in [6.07, 6.45) is -4.43. The zero-order chi connectivity index (χ0) is 12.2. The van der Waals surface area contributed by atoms with E-state index in [0.717, 1.165) is 0 Å². The average molecular weight is 258 g/mol. The van der Waals surface area contributed by atoms with Crippen LogP contribution in [0.25, 0.3) is 0 Å². The van der Waals surface area contributed by atoms with Crippen molar-refractivity contribution in [1.82, 2.24) is 10.2 Å². The summed E-state index contributed by atoms with van der Waals surface area (Å²) in [5.41, 5.74) is 0. The van der Waals surface area contributed by atoms with Crippen LogP contribution >= 0.6 is 11.8 Å². The number of carbonyl (C=O) groups excluding carboxylic acids is 1. The Labute approximate surface area is 95.2 Å². The van der Waals surface area contributed by atoms with E-state index in [0.29, 0.717) is 16.5 Å². The lowest BCUT2D eigenvalue weighted by molar-refractivity contribution is -0.162. The zero-order valence-electron chi connectivity index (χ0n) is 8.46. The Bertz CT molecular complexity index is 244. The van der Waals surface area contributed by atoms with Gasteiger partial charge in [-0.15, -0.1) is 11.8 Å². The number of thioether (sulfide) groups is 1. The number of hydrogen-bond donors (Lipinski definition) is 2. The lowest BCUT2D eigenvalue weighted by Gasteiger charge is -2.25. The van der Waals surface area contributed by atoms with Crippen molar-refractivity contribution in [1.29, 1.82) is 0 Å². The molecule has 0 aromatic rings. The normalized spacial score (nSPS) is 21.1. The van der Waals surface area contributed by atoms with E-state index in [9.17, 15) is 18.0 Å². The van der Waals surface area contributed by atoms with Crippen LogP contribution in [0, 0.1) is 0 Å². The van der Waals surface area contributed by atoms with Crippen molar-refractivity contribution in [3.05, 3.63) is 0 Å². The number of nitrogens with zero attached hydrogens (tertiary/aromatic N) is 1. The lowest BCUT2D eigenvalue weighted by atomic mass is 10.3. The molecule has 0 aromatic heterocycles. The van der Waals surface area contributed by atoms with Gasteiger partial charge in [0.05, 0.1) is 12.6 Å². The number of hydrogen-bond acceptors (Lipinski definition) is 4. The molecule has 1 fully saturated rings. The lowest BCUT2D eigenvalue weighted by Crippen LogP contribution is -2.49. The molecule has 0 aliphatic carbocycles. The fourth-order valence-corrected chi connectivity index (χ4v) is 2.31. The summed E-state index contributed by atoms with van der Waals surface area (Å²) in [7, 11) is 0. The quantitative estimate of drug-likeness (QED) is 0.747. The van der Waals surface area contributed by atoms with Crippen molar-refractivity contribution in [3.8, 4) is 0 Å². The Morgan fingerprint density at radius 1 is 1.56 bits per heavy atom. The second-order valence-corrected chi connectivity index (χ2v) is 4.40. The Morgan fingerprint density at radius 2 is 2.25 bits per heavy atom. The summed E-state index contributed by atoms with van der Waals surface area (Å²) >= 11 is 1.46. The van der Waals surface area contributed by atoms with Gasteiger partial charge in [0.2, 0.25) is 5.91 Å². The van der Waals surface area contributed by atoms with Crippen molar-refractivity contribution >= 4 is 17.7 Å². The van der Waals surface area contributed by atoms with E-state index in [1.165, 1.54) is 11.8 Å². The fraction of sp³-hybridized carbons (Fsp3) is 0.875. The average Bonchev–Trinajstić information content (AvgIpc) is 2.66. The minimum Gasteiger partial charge on any atom is -0.395 e. The Kier molecular flexibility index (Phi) is 4.88. The molecule has 1 heterocycles. The zero-order valence-corrected chi connectivity index (χ0v) is 9.27. The van der Waals surface area contributed by atoms with Gasteiger partial charge in [0.15, 0.2) is 0 Å². The maximum atomic E-state index is 12.2. The number of aliphatic hydroxyl groups excluding tert-OH is 1. The van der Waals surface area contributed by atoms with Crippen LogP contribution in [0.15, 0.2) is 0 Å². The van der Waals surface area contributed by atoms with E-state index < -0.39 is 31.3 Å². The highest BCUT2D eigenvalue weighted by atomic mass is 32.2. The predicted octanol–water partition coefficient (Wildman–Crippen LogP) is 0.0321. The van der Waals surface area contributed by atoms with E-state index in [4.69, 9.17) is 5.11 Å². The second-order valence-electron chi connectivity index (χ2n) is 3.37. The summed E-state index contributed by atoms with van der Waals surface area (Å²) in [5, 5.41) is 11.4. The first-order valence-corrected chi connectivity index (χ1v) is 5.87. The molecule has 16 heavy (non-hydrogen) atoms. The highest BCUT2D eigenvalue weighted by molar-refractivity contribution is 7.99. The van der Waals surface area contributed by atoms with E-state index in [1.807, 2.05) is 0 Å². The second kappa shape index (κ2) is 5.74. The number of alkyl halides is 3. The minimum absolute atomic E-state index is 0.290. The molecule has 1 amide bonds. The van der Waals surface area contributed by atoms with Crippen LogP contribution in [0.4, 0.5) is 13.2 Å². The van der Waals surface area contributed by atoms with E-state index in [1.54, 1.807) is 0 Å². The summed E-state index contributed by atoms with van der Waals surface area (Å²) in [6.45, 7) is -2.07. The van der Waals surface area contributed by atoms with Crippen LogP contribution in [0.3, 0.4) is 0 Å². The molecule has 1 rings (SSSR count). The molecular weight excluding hydrogens is 245 g/mol. The molecule has 1 aliphatic rings. The van der Waals surface area contributed by atoms with Gasteiger partial charge in [-0.3, -0.25) is 10.1 Å². The first kappa shape index (κ1) is 13.6.